The first-order chi connectivity index (χ1) is 12.1. The number of nitrogens with zero attached hydrogens (tertiary/aromatic N) is 3. The number of aryl methyl sites for hydroxylation is 2. The Morgan fingerprint density at radius 2 is 2.00 bits per heavy atom. The van der Waals surface area contributed by atoms with Crippen molar-refractivity contribution < 1.29 is 4.79 Å². The standard InChI is InChI=1S/C19H27N5O.2ClH/c1-14-21-15(2)24(23-14)13-17-4-3-5-18(12-17)22-19(25)7-6-16-8-10-20-11-9-16;;/h3-5,12,16,20H,6-11,13H2,1-2H3,(H,22,25);2*1H. The van der Waals surface area contributed by atoms with E-state index in [0.29, 0.717) is 18.9 Å². The number of carbonyl (C=O) groups excluding carboxylic acids is 1. The summed E-state index contributed by atoms with van der Waals surface area (Å²) in [7, 11) is 0. The van der Waals surface area contributed by atoms with Crippen LogP contribution in [-0.2, 0) is 11.3 Å². The van der Waals surface area contributed by atoms with Crippen LogP contribution in [0, 0.1) is 19.8 Å². The molecule has 1 saturated heterocycles. The minimum atomic E-state index is 0. The molecule has 0 atom stereocenters. The topological polar surface area (TPSA) is 71.8 Å². The second kappa shape index (κ2) is 11.3. The second-order valence-electron chi connectivity index (χ2n) is 6.84. The number of nitrogens with one attached hydrogen (secondary N) is 2. The molecule has 0 spiro atoms. The summed E-state index contributed by atoms with van der Waals surface area (Å²) in [4.78, 5) is 16.6. The summed E-state index contributed by atoms with van der Waals surface area (Å²) in [6.07, 6.45) is 3.93. The first-order valence-corrected chi connectivity index (χ1v) is 9.08. The second-order valence-corrected chi connectivity index (χ2v) is 6.84. The molecule has 0 bridgehead atoms. The quantitative estimate of drug-likeness (QED) is 0.759. The maximum absolute atomic E-state index is 12.2. The zero-order valence-corrected chi connectivity index (χ0v) is 17.5. The van der Waals surface area contributed by atoms with Crippen LogP contribution in [0.1, 0.15) is 42.9 Å². The van der Waals surface area contributed by atoms with Crippen molar-refractivity contribution in [3.8, 4) is 0 Å². The molecule has 1 aliphatic heterocycles. The van der Waals surface area contributed by atoms with Crippen molar-refractivity contribution in [1.29, 1.82) is 0 Å². The highest BCUT2D eigenvalue weighted by atomic mass is 35.5. The lowest BCUT2D eigenvalue weighted by Crippen LogP contribution is -2.28. The summed E-state index contributed by atoms with van der Waals surface area (Å²) in [5, 5.41) is 10.8. The summed E-state index contributed by atoms with van der Waals surface area (Å²) >= 11 is 0. The molecule has 1 amide bonds. The molecule has 150 valence electrons. The van der Waals surface area contributed by atoms with Gasteiger partial charge in [0.2, 0.25) is 5.91 Å². The van der Waals surface area contributed by atoms with Gasteiger partial charge in [0.25, 0.3) is 0 Å². The van der Waals surface area contributed by atoms with E-state index >= 15 is 0 Å². The molecular weight excluding hydrogens is 385 g/mol. The molecule has 1 aromatic carbocycles. The Hall–Kier alpha value is -1.63. The monoisotopic (exact) mass is 413 g/mol. The van der Waals surface area contributed by atoms with Crippen LogP contribution >= 0.6 is 24.8 Å². The zero-order chi connectivity index (χ0) is 17.6. The molecule has 2 N–H and O–H groups in total. The molecule has 0 aliphatic carbocycles. The minimum Gasteiger partial charge on any atom is -0.326 e. The molecule has 2 aromatic rings. The van der Waals surface area contributed by atoms with Crippen molar-refractivity contribution in [2.45, 2.75) is 46.1 Å². The highest BCUT2D eigenvalue weighted by Crippen LogP contribution is 2.19. The first kappa shape index (κ1) is 23.4. The number of carbonyl (C=O) groups is 1. The highest BCUT2D eigenvalue weighted by molar-refractivity contribution is 5.90. The lowest BCUT2D eigenvalue weighted by molar-refractivity contribution is -0.116. The summed E-state index contributed by atoms with van der Waals surface area (Å²) < 4.78 is 1.88. The molecule has 3 rings (SSSR count). The van der Waals surface area contributed by atoms with Crippen LogP contribution in [0.15, 0.2) is 24.3 Å². The van der Waals surface area contributed by atoms with Crippen LogP contribution in [-0.4, -0.2) is 33.8 Å². The van der Waals surface area contributed by atoms with Crippen molar-refractivity contribution in [2.75, 3.05) is 18.4 Å². The SMILES string of the molecule is Cc1nc(C)n(Cc2cccc(NC(=O)CCC3CCNCC3)c2)n1.Cl.Cl. The summed E-state index contributed by atoms with van der Waals surface area (Å²) in [6.45, 7) is 6.66. The molecule has 2 heterocycles. The van der Waals surface area contributed by atoms with E-state index in [0.717, 1.165) is 42.4 Å². The molecule has 1 fully saturated rings. The van der Waals surface area contributed by atoms with Crippen molar-refractivity contribution in [3.63, 3.8) is 0 Å². The molecular formula is C19H29Cl2N5O. The van der Waals surface area contributed by atoms with Gasteiger partial charge in [-0.25, -0.2) is 9.67 Å². The number of benzene rings is 1. The zero-order valence-electron chi connectivity index (χ0n) is 15.9. The average molecular weight is 414 g/mol. The molecule has 6 nitrogen and oxygen atoms in total. The number of rotatable bonds is 6. The van der Waals surface area contributed by atoms with Gasteiger partial charge in [-0.1, -0.05) is 12.1 Å². The predicted molar refractivity (Wildman–Crippen MR) is 113 cm³/mol. The Morgan fingerprint density at radius 1 is 1.26 bits per heavy atom. The Labute approximate surface area is 173 Å². The number of hydrogen-bond acceptors (Lipinski definition) is 4. The summed E-state index contributed by atoms with van der Waals surface area (Å²) in [5.74, 6) is 2.45. The average Bonchev–Trinajstić information content (AvgIpc) is 2.91. The largest absolute Gasteiger partial charge is 0.326 e. The number of anilines is 1. The molecule has 0 radical (unpaired) electrons. The molecule has 0 unspecified atom stereocenters. The van der Waals surface area contributed by atoms with Gasteiger partial charge in [-0.3, -0.25) is 4.79 Å². The number of piperidine rings is 1. The van der Waals surface area contributed by atoms with E-state index in [1.165, 1.54) is 12.8 Å². The Morgan fingerprint density at radius 3 is 2.67 bits per heavy atom. The molecule has 0 saturated carbocycles. The number of hydrogen-bond donors (Lipinski definition) is 2. The smallest absolute Gasteiger partial charge is 0.224 e. The van der Waals surface area contributed by atoms with Gasteiger partial charge in [0.15, 0.2) is 0 Å². The third kappa shape index (κ3) is 7.13. The van der Waals surface area contributed by atoms with Gasteiger partial charge in [-0.2, -0.15) is 5.10 Å². The van der Waals surface area contributed by atoms with Crippen molar-refractivity contribution in [1.82, 2.24) is 20.1 Å². The van der Waals surface area contributed by atoms with Gasteiger partial charge in [-0.05, 0) is 69.8 Å². The van der Waals surface area contributed by atoms with Gasteiger partial charge >= 0.3 is 0 Å². The first-order valence-electron chi connectivity index (χ1n) is 9.08. The van der Waals surface area contributed by atoms with E-state index in [2.05, 4.69) is 20.7 Å². The van der Waals surface area contributed by atoms with Crippen LogP contribution in [0.5, 0.6) is 0 Å². The molecule has 1 aliphatic rings. The predicted octanol–water partition coefficient (Wildman–Crippen LogP) is 3.51. The number of aromatic nitrogens is 3. The van der Waals surface area contributed by atoms with Crippen LogP contribution in [0.25, 0.3) is 0 Å². The highest BCUT2D eigenvalue weighted by Gasteiger charge is 2.14. The van der Waals surface area contributed by atoms with Crippen molar-refractivity contribution >= 4 is 36.4 Å². The Kier molecular flexibility index (Phi) is 9.77. The van der Waals surface area contributed by atoms with Gasteiger partial charge < -0.3 is 10.6 Å². The number of amides is 1. The fourth-order valence-electron chi connectivity index (χ4n) is 3.36. The van der Waals surface area contributed by atoms with E-state index in [1.807, 2.05) is 42.8 Å². The maximum Gasteiger partial charge on any atom is 0.224 e. The summed E-state index contributed by atoms with van der Waals surface area (Å²) in [6, 6.07) is 7.96. The van der Waals surface area contributed by atoms with Crippen molar-refractivity contribution in [2.24, 2.45) is 5.92 Å². The molecule has 8 heteroatoms. The Bertz CT molecular complexity index is 729. The normalized spacial score (nSPS) is 14.1. The Balaban J connectivity index is 0.00000182. The minimum absolute atomic E-state index is 0. The lowest BCUT2D eigenvalue weighted by atomic mass is 9.93. The van der Waals surface area contributed by atoms with Gasteiger partial charge in [0.05, 0.1) is 6.54 Å². The summed E-state index contributed by atoms with van der Waals surface area (Å²) in [5.41, 5.74) is 1.95. The fourth-order valence-corrected chi connectivity index (χ4v) is 3.36. The van der Waals surface area contributed by atoms with E-state index in [1.54, 1.807) is 0 Å². The van der Waals surface area contributed by atoms with E-state index in [-0.39, 0.29) is 30.7 Å². The number of halogens is 2. The van der Waals surface area contributed by atoms with Gasteiger partial charge in [-0.15, -0.1) is 24.8 Å². The van der Waals surface area contributed by atoms with Crippen LogP contribution in [0.2, 0.25) is 0 Å². The van der Waals surface area contributed by atoms with Crippen LogP contribution in [0.4, 0.5) is 5.69 Å². The molecule has 1 aromatic heterocycles. The van der Waals surface area contributed by atoms with E-state index < -0.39 is 0 Å². The van der Waals surface area contributed by atoms with E-state index in [9.17, 15) is 4.79 Å². The lowest BCUT2D eigenvalue weighted by Gasteiger charge is -2.22. The third-order valence-electron chi connectivity index (χ3n) is 4.74. The third-order valence-corrected chi connectivity index (χ3v) is 4.74. The van der Waals surface area contributed by atoms with Gasteiger partial charge in [0, 0.05) is 12.1 Å². The van der Waals surface area contributed by atoms with Crippen LogP contribution < -0.4 is 10.6 Å². The maximum atomic E-state index is 12.2. The van der Waals surface area contributed by atoms with Gasteiger partial charge in [0.1, 0.15) is 11.6 Å². The molecule has 27 heavy (non-hydrogen) atoms. The van der Waals surface area contributed by atoms with Crippen molar-refractivity contribution in [3.05, 3.63) is 41.5 Å². The fraction of sp³-hybridized carbons (Fsp3) is 0.526. The van der Waals surface area contributed by atoms with E-state index in [4.69, 9.17) is 0 Å². The van der Waals surface area contributed by atoms with Crippen LogP contribution in [0.3, 0.4) is 0 Å².